The summed E-state index contributed by atoms with van der Waals surface area (Å²) in [6.45, 7) is 2.02. The van der Waals surface area contributed by atoms with Gasteiger partial charge in [-0.2, -0.15) is 0 Å². The van der Waals surface area contributed by atoms with Gasteiger partial charge in [-0.3, -0.25) is 0 Å². The summed E-state index contributed by atoms with van der Waals surface area (Å²) < 4.78 is 0. The van der Waals surface area contributed by atoms with Crippen LogP contribution in [0.3, 0.4) is 0 Å². The molecule has 0 spiro atoms. The molecule has 1 aliphatic rings. The largest absolute Gasteiger partial charge is 0.393 e. The first kappa shape index (κ1) is 10.2. The van der Waals surface area contributed by atoms with Gasteiger partial charge >= 0.3 is 0 Å². The van der Waals surface area contributed by atoms with E-state index in [1.807, 2.05) is 6.92 Å². The van der Waals surface area contributed by atoms with E-state index in [1.54, 1.807) is 0 Å². The molecule has 1 rings (SSSR count). The highest BCUT2D eigenvalue weighted by atomic mass is 35.5. The molecule has 1 fully saturated rings. The molecule has 62 valence electrons. The molecule has 0 unspecified atom stereocenters. The Hall–Kier alpha value is 0.210. The zero-order valence-corrected chi connectivity index (χ0v) is 7.10. The van der Waals surface area contributed by atoms with Crippen LogP contribution in [0, 0.1) is 5.92 Å². The van der Waals surface area contributed by atoms with Crippen molar-refractivity contribution >= 4 is 12.4 Å². The fraction of sp³-hybridized carbons (Fsp3) is 1.00. The van der Waals surface area contributed by atoms with Crippen molar-refractivity contribution in [3.63, 3.8) is 0 Å². The van der Waals surface area contributed by atoms with Crippen molar-refractivity contribution < 1.29 is 5.11 Å². The standard InChI is InChI=1S/C7H15NO.ClH/c1-5-6(8)3-2-4-7(5)9;/h5-7,9H,2-4,8H2,1H3;1H/t5-,6+,7+;/m1./s1. The van der Waals surface area contributed by atoms with Crippen LogP contribution in [0.25, 0.3) is 0 Å². The SMILES string of the molecule is C[C@@H]1[C@@H](N)CCC[C@@H]1O.Cl. The van der Waals surface area contributed by atoms with Crippen molar-refractivity contribution in [3.8, 4) is 0 Å². The van der Waals surface area contributed by atoms with E-state index in [-0.39, 0.29) is 24.6 Å². The summed E-state index contributed by atoms with van der Waals surface area (Å²) in [6, 6.07) is 0.230. The van der Waals surface area contributed by atoms with E-state index in [2.05, 4.69) is 0 Å². The number of hydrogen-bond acceptors (Lipinski definition) is 2. The fourth-order valence-electron chi connectivity index (χ4n) is 1.37. The van der Waals surface area contributed by atoms with Crippen molar-refractivity contribution in [2.45, 2.75) is 38.3 Å². The summed E-state index contributed by atoms with van der Waals surface area (Å²) in [7, 11) is 0. The highest BCUT2D eigenvalue weighted by molar-refractivity contribution is 5.85. The van der Waals surface area contributed by atoms with E-state index in [1.165, 1.54) is 0 Å². The van der Waals surface area contributed by atoms with Crippen molar-refractivity contribution in [2.75, 3.05) is 0 Å². The summed E-state index contributed by atoms with van der Waals surface area (Å²) in [4.78, 5) is 0. The van der Waals surface area contributed by atoms with Gasteiger partial charge in [-0.05, 0) is 25.2 Å². The van der Waals surface area contributed by atoms with Gasteiger partial charge in [-0.15, -0.1) is 12.4 Å². The van der Waals surface area contributed by atoms with E-state index in [0.717, 1.165) is 19.3 Å². The Labute approximate surface area is 68.2 Å². The second kappa shape index (κ2) is 4.16. The molecule has 10 heavy (non-hydrogen) atoms. The van der Waals surface area contributed by atoms with Crippen LogP contribution in [-0.4, -0.2) is 17.3 Å². The summed E-state index contributed by atoms with van der Waals surface area (Å²) in [5, 5.41) is 9.27. The van der Waals surface area contributed by atoms with E-state index in [9.17, 15) is 5.11 Å². The number of hydrogen-bond donors (Lipinski definition) is 2. The third-order valence-corrected chi connectivity index (χ3v) is 2.32. The van der Waals surface area contributed by atoms with Gasteiger partial charge in [0.05, 0.1) is 6.10 Å². The monoisotopic (exact) mass is 165 g/mol. The average molecular weight is 166 g/mol. The smallest absolute Gasteiger partial charge is 0.0580 e. The zero-order chi connectivity index (χ0) is 6.85. The molecule has 1 saturated carbocycles. The first-order chi connectivity index (χ1) is 4.22. The van der Waals surface area contributed by atoms with Gasteiger partial charge in [-0.1, -0.05) is 6.92 Å². The lowest BCUT2D eigenvalue weighted by Gasteiger charge is -2.29. The Kier molecular flexibility index (Phi) is 4.25. The fourth-order valence-corrected chi connectivity index (χ4v) is 1.37. The number of rotatable bonds is 0. The van der Waals surface area contributed by atoms with Crippen molar-refractivity contribution in [3.05, 3.63) is 0 Å². The molecule has 3 atom stereocenters. The van der Waals surface area contributed by atoms with Gasteiger partial charge in [0.25, 0.3) is 0 Å². The summed E-state index contributed by atoms with van der Waals surface area (Å²) in [5.41, 5.74) is 5.71. The second-order valence-electron chi connectivity index (χ2n) is 3.02. The Morgan fingerprint density at radius 2 is 2.00 bits per heavy atom. The van der Waals surface area contributed by atoms with E-state index >= 15 is 0 Å². The molecule has 0 radical (unpaired) electrons. The molecule has 2 nitrogen and oxygen atoms in total. The molecule has 0 bridgehead atoms. The van der Waals surface area contributed by atoms with Gasteiger partial charge in [0.15, 0.2) is 0 Å². The average Bonchev–Trinajstić information content (AvgIpc) is 1.83. The Morgan fingerprint density at radius 1 is 1.40 bits per heavy atom. The minimum absolute atomic E-state index is 0. The van der Waals surface area contributed by atoms with Crippen LogP contribution in [0.5, 0.6) is 0 Å². The van der Waals surface area contributed by atoms with E-state index in [0.29, 0.717) is 5.92 Å². The van der Waals surface area contributed by atoms with Crippen molar-refractivity contribution in [1.29, 1.82) is 0 Å². The van der Waals surface area contributed by atoms with Crippen LogP contribution in [-0.2, 0) is 0 Å². The Balaban J connectivity index is 0.000000810. The second-order valence-corrected chi connectivity index (χ2v) is 3.02. The molecule has 0 saturated heterocycles. The lowest BCUT2D eigenvalue weighted by atomic mass is 9.84. The molecule has 0 aromatic heterocycles. The molecule has 0 aromatic rings. The molecular weight excluding hydrogens is 150 g/mol. The first-order valence-electron chi connectivity index (χ1n) is 3.65. The minimum Gasteiger partial charge on any atom is -0.393 e. The van der Waals surface area contributed by atoms with Gasteiger partial charge < -0.3 is 10.8 Å². The van der Waals surface area contributed by atoms with Gasteiger partial charge in [0.2, 0.25) is 0 Å². The summed E-state index contributed by atoms with van der Waals surface area (Å²) in [5.74, 6) is 0.304. The predicted octanol–water partition coefficient (Wildman–Crippen LogP) is 0.916. The topological polar surface area (TPSA) is 46.2 Å². The van der Waals surface area contributed by atoms with Crippen LogP contribution in [0.1, 0.15) is 26.2 Å². The van der Waals surface area contributed by atoms with Crippen molar-refractivity contribution in [2.24, 2.45) is 11.7 Å². The highest BCUT2D eigenvalue weighted by Crippen LogP contribution is 2.22. The maximum atomic E-state index is 9.27. The van der Waals surface area contributed by atoms with Crippen LogP contribution in [0.2, 0.25) is 0 Å². The zero-order valence-electron chi connectivity index (χ0n) is 6.29. The summed E-state index contributed by atoms with van der Waals surface area (Å²) in [6.07, 6.45) is 2.97. The maximum absolute atomic E-state index is 9.27. The third kappa shape index (κ3) is 2.11. The summed E-state index contributed by atoms with van der Waals surface area (Å²) >= 11 is 0. The molecule has 0 heterocycles. The molecule has 0 aliphatic heterocycles. The van der Waals surface area contributed by atoms with Crippen LogP contribution in [0.4, 0.5) is 0 Å². The lowest BCUT2D eigenvalue weighted by molar-refractivity contribution is 0.0671. The van der Waals surface area contributed by atoms with Crippen molar-refractivity contribution in [1.82, 2.24) is 0 Å². The van der Waals surface area contributed by atoms with E-state index in [4.69, 9.17) is 5.73 Å². The van der Waals surface area contributed by atoms with Gasteiger partial charge in [0.1, 0.15) is 0 Å². The normalized spacial score (nSPS) is 40.5. The quantitative estimate of drug-likeness (QED) is 0.561. The van der Waals surface area contributed by atoms with Gasteiger partial charge in [-0.25, -0.2) is 0 Å². The molecule has 1 aliphatic carbocycles. The highest BCUT2D eigenvalue weighted by Gasteiger charge is 2.24. The number of aliphatic hydroxyl groups excluding tert-OH is 1. The van der Waals surface area contributed by atoms with Crippen LogP contribution >= 0.6 is 12.4 Å². The molecular formula is C7H16ClNO. The molecule has 3 N–H and O–H groups in total. The van der Waals surface area contributed by atoms with E-state index < -0.39 is 0 Å². The van der Waals surface area contributed by atoms with Crippen LogP contribution in [0.15, 0.2) is 0 Å². The Bertz CT molecular complexity index is 89.6. The molecule has 3 heteroatoms. The molecule has 0 aromatic carbocycles. The maximum Gasteiger partial charge on any atom is 0.0580 e. The minimum atomic E-state index is -0.145. The number of nitrogens with two attached hydrogens (primary N) is 1. The number of aliphatic hydroxyl groups is 1. The third-order valence-electron chi connectivity index (χ3n) is 2.32. The van der Waals surface area contributed by atoms with Crippen LogP contribution < -0.4 is 5.73 Å². The lowest BCUT2D eigenvalue weighted by Crippen LogP contribution is -2.39. The first-order valence-corrected chi connectivity index (χ1v) is 3.65. The van der Waals surface area contributed by atoms with Gasteiger partial charge in [0, 0.05) is 6.04 Å². The number of halogens is 1. The Morgan fingerprint density at radius 3 is 2.40 bits per heavy atom. The predicted molar refractivity (Wildman–Crippen MR) is 44.2 cm³/mol. The molecule has 0 amide bonds.